The first kappa shape index (κ1) is 17.3. The zero-order valence-corrected chi connectivity index (χ0v) is 14.9. The second-order valence-electron chi connectivity index (χ2n) is 6.69. The van der Waals surface area contributed by atoms with Crippen molar-refractivity contribution in [1.82, 2.24) is 35.1 Å². The zero-order chi connectivity index (χ0) is 18.5. The Balaban J connectivity index is 1.32. The molecule has 27 heavy (non-hydrogen) atoms. The zero-order valence-electron chi connectivity index (χ0n) is 14.9. The van der Waals surface area contributed by atoms with Gasteiger partial charge in [0.2, 0.25) is 6.39 Å². The third-order valence-corrected chi connectivity index (χ3v) is 4.72. The summed E-state index contributed by atoms with van der Waals surface area (Å²) in [5.74, 6) is 1.03. The summed E-state index contributed by atoms with van der Waals surface area (Å²) in [7, 11) is 0. The van der Waals surface area contributed by atoms with Crippen LogP contribution in [-0.2, 0) is 6.54 Å². The Kier molecular flexibility index (Phi) is 5.20. The molecule has 3 aromatic rings. The Morgan fingerprint density at radius 3 is 3.15 bits per heavy atom. The van der Waals surface area contributed by atoms with Crippen molar-refractivity contribution in [3.63, 3.8) is 0 Å². The van der Waals surface area contributed by atoms with Crippen LogP contribution in [0.4, 0.5) is 0 Å². The molecule has 1 atom stereocenters. The molecule has 140 valence electrons. The molecule has 1 aliphatic rings. The van der Waals surface area contributed by atoms with Crippen LogP contribution in [-0.4, -0.2) is 55.3 Å². The van der Waals surface area contributed by atoms with Gasteiger partial charge in [-0.3, -0.25) is 9.69 Å². The number of nitrogens with one attached hydrogen (secondary N) is 1. The number of carbonyl (C=O) groups excluding carboxylic acids is 1. The summed E-state index contributed by atoms with van der Waals surface area (Å²) in [4.78, 5) is 22.9. The lowest BCUT2D eigenvalue weighted by Crippen LogP contribution is -2.40. The maximum absolute atomic E-state index is 12.5. The van der Waals surface area contributed by atoms with Gasteiger partial charge in [0.25, 0.3) is 5.91 Å². The van der Waals surface area contributed by atoms with E-state index in [1.165, 1.54) is 12.7 Å². The van der Waals surface area contributed by atoms with Gasteiger partial charge in [-0.25, -0.2) is 9.67 Å². The highest BCUT2D eigenvalue weighted by atomic mass is 16.5. The van der Waals surface area contributed by atoms with E-state index in [-0.39, 0.29) is 5.91 Å². The van der Waals surface area contributed by atoms with Crippen LogP contribution in [0.5, 0.6) is 0 Å². The third kappa shape index (κ3) is 4.37. The van der Waals surface area contributed by atoms with E-state index in [0.717, 1.165) is 31.6 Å². The fourth-order valence-electron chi connectivity index (χ4n) is 3.39. The number of nitrogens with zero attached hydrogens (tertiary/aromatic N) is 6. The van der Waals surface area contributed by atoms with Crippen LogP contribution in [0.3, 0.4) is 0 Å². The molecule has 1 N–H and O–H groups in total. The number of piperidine rings is 1. The summed E-state index contributed by atoms with van der Waals surface area (Å²) in [6.45, 7) is 3.25. The fourth-order valence-corrected chi connectivity index (χ4v) is 3.39. The molecule has 0 radical (unpaired) electrons. The minimum absolute atomic E-state index is 0.0766. The fraction of sp³-hybridized carbons (Fsp3) is 0.389. The summed E-state index contributed by atoms with van der Waals surface area (Å²) in [6, 6.07) is 7.36. The van der Waals surface area contributed by atoms with Crippen molar-refractivity contribution in [2.45, 2.75) is 19.4 Å². The van der Waals surface area contributed by atoms with Gasteiger partial charge in [0.05, 0.1) is 12.2 Å². The number of aromatic nitrogens is 5. The Hall–Kier alpha value is -3.07. The Morgan fingerprint density at radius 1 is 1.37 bits per heavy atom. The lowest BCUT2D eigenvalue weighted by atomic mass is 9.98. The van der Waals surface area contributed by atoms with E-state index in [1.807, 2.05) is 18.2 Å². The van der Waals surface area contributed by atoms with Crippen LogP contribution in [0.1, 0.15) is 29.0 Å². The highest BCUT2D eigenvalue weighted by Gasteiger charge is 2.21. The number of hydrogen-bond donors (Lipinski definition) is 1. The van der Waals surface area contributed by atoms with Crippen molar-refractivity contribution in [3.8, 4) is 5.69 Å². The van der Waals surface area contributed by atoms with E-state index in [0.29, 0.717) is 30.4 Å². The first-order valence-electron chi connectivity index (χ1n) is 8.99. The molecule has 1 saturated heterocycles. The smallest absolute Gasteiger partial charge is 0.251 e. The number of benzene rings is 1. The predicted molar refractivity (Wildman–Crippen MR) is 96.0 cm³/mol. The molecule has 0 aliphatic carbocycles. The standard InChI is InChI=1S/C18H21N7O2/c26-18(15-4-1-5-16(7-15)25-12-19-11-22-25)20-8-14-3-2-6-24(9-14)10-17-21-13-27-23-17/h1,4-5,7,11-14H,2-3,6,8-10H2,(H,20,26). The molecule has 1 unspecified atom stereocenters. The van der Waals surface area contributed by atoms with Crippen LogP contribution in [0.2, 0.25) is 0 Å². The molecule has 9 nitrogen and oxygen atoms in total. The summed E-state index contributed by atoms with van der Waals surface area (Å²) in [5.41, 5.74) is 1.42. The van der Waals surface area contributed by atoms with E-state index in [1.54, 1.807) is 17.1 Å². The molecule has 1 fully saturated rings. The van der Waals surface area contributed by atoms with Crippen LogP contribution in [0, 0.1) is 5.92 Å². The minimum atomic E-state index is -0.0766. The minimum Gasteiger partial charge on any atom is -0.352 e. The van der Waals surface area contributed by atoms with Crippen LogP contribution >= 0.6 is 0 Å². The Bertz CT molecular complexity index is 864. The van der Waals surface area contributed by atoms with Gasteiger partial charge < -0.3 is 9.84 Å². The molecule has 1 aliphatic heterocycles. The molecule has 1 aromatic carbocycles. The first-order chi connectivity index (χ1) is 13.3. The van der Waals surface area contributed by atoms with Crippen LogP contribution in [0.25, 0.3) is 5.69 Å². The van der Waals surface area contributed by atoms with Crippen molar-refractivity contribution in [1.29, 1.82) is 0 Å². The second-order valence-corrected chi connectivity index (χ2v) is 6.69. The summed E-state index contributed by atoms with van der Waals surface area (Å²) in [5, 5.41) is 11.0. The lowest BCUT2D eigenvalue weighted by Gasteiger charge is -2.31. The van der Waals surface area contributed by atoms with Gasteiger partial charge in [-0.15, -0.1) is 0 Å². The van der Waals surface area contributed by atoms with Gasteiger partial charge in [-0.1, -0.05) is 11.2 Å². The van der Waals surface area contributed by atoms with Crippen molar-refractivity contribution in [3.05, 3.63) is 54.7 Å². The average molecular weight is 367 g/mol. The van der Waals surface area contributed by atoms with Crippen molar-refractivity contribution >= 4 is 5.91 Å². The molecular formula is C18H21N7O2. The van der Waals surface area contributed by atoms with Gasteiger partial charge in [-0.05, 0) is 43.5 Å². The van der Waals surface area contributed by atoms with E-state index in [4.69, 9.17) is 4.52 Å². The Morgan fingerprint density at radius 2 is 2.33 bits per heavy atom. The highest BCUT2D eigenvalue weighted by molar-refractivity contribution is 5.94. The molecule has 9 heteroatoms. The Labute approximate surface area is 156 Å². The topological polar surface area (TPSA) is 102 Å². The van der Waals surface area contributed by atoms with E-state index < -0.39 is 0 Å². The number of likely N-dealkylation sites (tertiary alicyclic amines) is 1. The maximum atomic E-state index is 12.5. The highest BCUT2D eigenvalue weighted by Crippen LogP contribution is 2.17. The van der Waals surface area contributed by atoms with Crippen molar-refractivity contribution in [2.75, 3.05) is 19.6 Å². The summed E-state index contributed by atoms with van der Waals surface area (Å²) >= 11 is 0. The van der Waals surface area contributed by atoms with E-state index in [2.05, 4.69) is 30.4 Å². The third-order valence-electron chi connectivity index (χ3n) is 4.72. The normalized spacial score (nSPS) is 17.7. The molecule has 0 spiro atoms. The lowest BCUT2D eigenvalue weighted by molar-refractivity contribution is 0.0929. The van der Waals surface area contributed by atoms with Crippen LogP contribution < -0.4 is 5.32 Å². The molecule has 4 rings (SSSR count). The average Bonchev–Trinajstić information content (AvgIpc) is 3.41. The van der Waals surface area contributed by atoms with Gasteiger partial charge in [0.1, 0.15) is 12.7 Å². The van der Waals surface area contributed by atoms with E-state index in [9.17, 15) is 4.79 Å². The number of carbonyl (C=O) groups is 1. The van der Waals surface area contributed by atoms with Crippen LogP contribution in [0.15, 0.2) is 47.8 Å². The molecule has 2 aromatic heterocycles. The second kappa shape index (κ2) is 8.09. The first-order valence-corrected chi connectivity index (χ1v) is 8.99. The largest absolute Gasteiger partial charge is 0.352 e. The quantitative estimate of drug-likeness (QED) is 0.700. The van der Waals surface area contributed by atoms with Crippen molar-refractivity contribution < 1.29 is 9.32 Å². The van der Waals surface area contributed by atoms with E-state index >= 15 is 0 Å². The predicted octanol–water partition coefficient (Wildman–Crippen LogP) is 1.29. The van der Waals surface area contributed by atoms with Gasteiger partial charge >= 0.3 is 0 Å². The molecular weight excluding hydrogens is 346 g/mol. The summed E-state index contributed by atoms with van der Waals surface area (Å²) < 4.78 is 6.43. The molecule has 3 heterocycles. The molecule has 0 bridgehead atoms. The monoisotopic (exact) mass is 367 g/mol. The number of amides is 1. The molecule has 0 saturated carbocycles. The van der Waals surface area contributed by atoms with Gasteiger partial charge in [0, 0.05) is 18.7 Å². The number of rotatable bonds is 6. The SMILES string of the molecule is O=C(NCC1CCCN(Cc2ncon2)C1)c1cccc(-n2cncn2)c1. The summed E-state index contributed by atoms with van der Waals surface area (Å²) in [6.07, 6.45) is 6.63. The van der Waals surface area contributed by atoms with Crippen molar-refractivity contribution in [2.24, 2.45) is 5.92 Å². The van der Waals surface area contributed by atoms with Gasteiger partial charge in [-0.2, -0.15) is 10.1 Å². The van der Waals surface area contributed by atoms with Gasteiger partial charge in [0.15, 0.2) is 5.82 Å². The molecule has 1 amide bonds. The number of hydrogen-bond acceptors (Lipinski definition) is 7. The maximum Gasteiger partial charge on any atom is 0.251 e.